The first-order chi connectivity index (χ1) is 15.4. The van der Waals surface area contributed by atoms with Gasteiger partial charge in [0.2, 0.25) is 0 Å². The van der Waals surface area contributed by atoms with Crippen LogP contribution in [0.3, 0.4) is 0 Å². The molecule has 0 saturated carbocycles. The number of carbonyl (C=O) groups is 2. The Bertz CT molecular complexity index is 1180. The third-order valence-corrected chi connectivity index (χ3v) is 4.73. The number of benzene rings is 3. The summed E-state index contributed by atoms with van der Waals surface area (Å²) >= 11 is 0. The molecule has 0 radical (unpaired) electrons. The lowest BCUT2D eigenvalue weighted by atomic mass is 10.1. The molecule has 162 valence electrons. The molecule has 0 aliphatic heterocycles. The maximum atomic E-state index is 12.9. The van der Waals surface area contributed by atoms with E-state index in [0.29, 0.717) is 33.9 Å². The molecule has 0 fully saturated rings. The SMILES string of the molecule is COc1ccc(C(=O)N(C)C)cc1NC(=O)c1cccc(OCc2ccccc2C#N)c1. The van der Waals surface area contributed by atoms with Crippen LogP contribution in [0.5, 0.6) is 11.5 Å². The van der Waals surface area contributed by atoms with E-state index in [1.54, 1.807) is 68.7 Å². The van der Waals surface area contributed by atoms with Crippen molar-refractivity contribution in [2.45, 2.75) is 6.61 Å². The quantitative estimate of drug-likeness (QED) is 0.611. The fourth-order valence-electron chi connectivity index (χ4n) is 3.03. The van der Waals surface area contributed by atoms with Gasteiger partial charge in [-0.15, -0.1) is 0 Å². The number of hydrogen-bond donors (Lipinski definition) is 1. The number of hydrogen-bond acceptors (Lipinski definition) is 5. The summed E-state index contributed by atoms with van der Waals surface area (Å²) in [5.41, 5.74) is 2.50. The van der Waals surface area contributed by atoms with Gasteiger partial charge in [-0.2, -0.15) is 5.26 Å². The number of nitrogens with one attached hydrogen (secondary N) is 1. The summed E-state index contributed by atoms with van der Waals surface area (Å²) in [7, 11) is 4.81. The monoisotopic (exact) mass is 429 g/mol. The van der Waals surface area contributed by atoms with Gasteiger partial charge in [0.25, 0.3) is 11.8 Å². The number of amides is 2. The molecule has 0 saturated heterocycles. The lowest BCUT2D eigenvalue weighted by Gasteiger charge is -2.15. The van der Waals surface area contributed by atoms with Crippen LogP contribution in [-0.4, -0.2) is 37.9 Å². The molecule has 7 nitrogen and oxygen atoms in total. The molecule has 0 unspecified atom stereocenters. The third kappa shape index (κ3) is 5.24. The van der Waals surface area contributed by atoms with Crippen molar-refractivity contribution in [3.8, 4) is 17.6 Å². The summed E-state index contributed by atoms with van der Waals surface area (Å²) in [5.74, 6) is 0.375. The lowest BCUT2D eigenvalue weighted by molar-refractivity contribution is 0.0827. The molecule has 0 aliphatic carbocycles. The first-order valence-electron chi connectivity index (χ1n) is 9.85. The van der Waals surface area contributed by atoms with E-state index >= 15 is 0 Å². The molecular formula is C25H23N3O4. The van der Waals surface area contributed by atoms with Gasteiger partial charge in [-0.25, -0.2) is 0 Å². The number of nitrogens with zero attached hydrogens (tertiary/aromatic N) is 2. The van der Waals surface area contributed by atoms with Gasteiger partial charge < -0.3 is 19.7 Å². The molecule has 0 heterocycles. The summed E-state index contributed by atoms with van der Waals surface area (Å²) in [4.78, 5) is 26.6. The van der Waals surface area contributed by atoms with Crippen molar-refractivity contribution in [2.24, 2.45) is 0 Å². The number of rotatable bonds is 7. The fraction of sp³-hybridized carbons (Fsp3) is 0.160. The summed E-state index contributed by atoms with van der Waals surface area (Å²) in [6, 6.07) is 20.9. The molecule has 32 heavy (non-hydrogen) atoms. The standard InChI is InChI=1S/C25H23N3O4/c1-28(2)25(30)18-11-12-23(31-3)22(14-18)27-24(29)17-9-6-10-21(13-17)32-16-20-8-5-4-7-19(20)15-26/h4-14H,16H2,1-3H3,(H,27,29). The van der Waals surface area contributed by atoms with Crippen LogP contribution in [0.4, 0.5) is 5.69 Å². The molecule has 1 N–H and O–H groups in total. The zero-order chi connectivity index (χ0) is 23.1. The second-order valence-corrected chi connectivity index (χ2v) is 7.15. The zero-order valence-electron chi connectivity index (χ0n) is 18.1. The van der Waals surface area contributed by atoms with Crippen LogP contribution < -0.4 is 14.8 Å². The second-order valence-electron chi connectivity index (χ2n) is 7.15. The largest absolute Gasteiger partial charge is 0.495 e. The normalized spacial score (nSPS) is 10.1. The average Bonchev–Trinajstić information content (AvgIpc) is 2.82. The van der Waals surface area contributed by atoms with Crippen LogP contribution in [0.15, 0.2) is 66.7 Å². The van der Waals surface area contributed by atoms with E-state index < -0.39 is 0 Å². The van der Waals surface area contributed by atoms with E-state index in [0.717, 1.165) is 5.56 Å². The lowest BCUT2D eigenvalue weighted by Crippen LogP contribution is -2.22. The van der Waals surface area contributed by atoms with Gasteiger partial charge >= 0.3 is 0 Å². The molecule has 7 heteroatoms. The minimum atomic E-state index is -0.374. The highest BCUT2D eigenvalue weighted by Crippen LogP contribution is 2.27. The van der Waals surface area contributed by atoms with Crippen molar-refractivity contribution in [3.05, 3.63) is 89.0 Å². The number of methoxy groups -OCH3 is 1. The Hall–Kier alpha value is -4.31. The summed E-state index contributed by atoms with van der Waals surface area (Å²) < 4.78 is 11.1. The van der Waals surface area contributed by atoms with E-state index in [1.165, 1.54) is 12.0 Å². The van der Waals surface area contributed by atoms with E-state index in [4.69, 9.17) is 9.47 Å². The predicted molar refractivity (Wildman–Crippen MR) is 121 cm³/mol. The van der Waals surface area contributed by atoms with E-state index in [9.17, 15) is 14.9 Å². The van der Waals surface area contributed by atoms with Crippen LogP contribution in [-0.2, 0) is 6.61 Å². The molecule has 3 aromatic carbocycles. The maximum absolute atomic E-state index is 12.9. The van der Waals surface area contributed by atoms with Crippen molar-refractivity contribution in [1.82, 2.24) is 4.90 Å². The van der Waals surface area contributed by atoms with Crippen molar-refractivity contribution in [1.29, 1.82) is 5.26 Å². The number of nitriles is 1. The molecule has 3 rings (SSSR count). The number of carbonyl (C=O) groups excluding carboxylic acids is 2. The first kappa shape index (κ1) is 22.4. The molecule has 3 aromatic rings. The highest BCUT2D eigenvalue weighted by molar-refractivity contribution is 6.06. The van der Waals surface area contributed by atoms with Gasteiger partial charge in [0.1, 0.15) is 18.1 Å². The highest BCUT2D eigenvalue weighted by atomic mass is 16.5. The summed E-state index contributed by atoms with van der Waals surface area (Å²) in [6.45, 7) is 0.206. The van der Waals surface area contributed by atoms with Crippen molar-refractivity contribution < 1.29 is 19.1 Å². The van der Waals surface area contributed by atoms with Crippen molar-refractivity contribution in [2.75, 3.05) is 26.5 Å². The molecule has 2 amide bonds. The fourth-order valence-corrected chi connectivity index (χ4v) is 3.03. The highest BCUT2D eigenvalue weighted by Gasteiger charge is 2.15. The van der Waals surface area contributed by atoms with E-state index in [-0.39, 0.29) is 18.4 Å². The Morgan fingerprint density at radius 1 is 1.00 bits per heavy atom. The van der Waals surface area contributed by atoms with Gasteiger partial charge in [-0.1, -0.05) is 24.3 Å². The van der Waals surface area contributed by atoms with Crippen LogP contribution >= 0.6 is 0 Å². The smallest absolute Gasteiger partial charge is 0.255 e. The van der Waals surface area contributed by atoms with Crippen LogP contribution in [0.1, 0.15) is 31.8 Å². The van der Waals surface area contributed by atoms with Gasteiger partial charge in [-0.3, -0.25) is 9.59 Å². The minimum absolute atomic E-state index is 0.184. The van der Waals surface area contributed by atoms with E-state index in [1.807, 2.05) is 12.1 Å². The Morgan fingerprint density at radius 2 is 1.78 bits per heavy atom. The molecule has 0 aliphatic rings. The van der Waals surface area contributed by atoms with Crippen LogP contribution in [0, 0.1) is 11.3 Å². The molecule has 0 bridgehead atoms. The maximum Gasteiger partial charge on any atom is 0.255 e. The zero-order valence-corrected chi connectivity index (χ0v) is 18.1. The predicted octanol–water partition coefficient (Wildman–Crippen LogP) is 4.10. The second kappa shape index (κ2) is 10.1. The van der Waals surface area contributed by atoms with Gasteiger partial charge in [0.15, 0.2) is 0 Å². The van der Waals surface area contributed by atoms with E-state index in [2.05, 4.69) is 11.4 Å². The Balaban J connectivity index is 1.77. The Morgan fingerprint density at radius 3 is 2.50 bits per heavy atom. The summed E-state index contributed by atoms with van der Waals surface area (Å²) in [6.07, 6.45) is 0. The Labute approximate surface area is 186 Å². The molecule has 0 spiro atoms. The Kier molecular flexibility index (Phi) is 7.09. The van der Waals surface area contributed by atoms with Crippen LogP contribution in [0.25, 0.3) is 0 Å². The molecular weight excluding hydrogens is 406 g/mol. The first-order valence-corrected chi connectivity index (χ1v) is 9.85. The molecule has 0 aromatic heterocycles. The number of anilines is 1. The topological polar surface area (TPSA) is 91.7 Å². The third-order valence-electron chi connectivity index (χ3n) is 4.73. The van der Waals surface area contributed by atoms with Gasteiger partial charge in [-0.05, 0) is 42.5 Å². The minimum Gasteiger partial charge on any atom is -0.495 e. The van der Waals surface area contributed by atoms with Gasteiger partial charge in [0, 0.05) is 30.8 Å². The average molecular weight is 429 g/mol. The molecule has 0 atom stereocenters. The van der Waals surface area contributed by atoms with Crippen molar-refractivity contribution >= 4 is 17.5 Å². The summed E-state index contributed by atoms with van der Waals surface area (Å²) in [5, 5.41) is 12.0. The number of ether oxygens (including phenoxy) is 2. The van der Waals surface area contributed by atoms with Gasteiger partial charge in [0.05, 0.1) is 24.4 Å². The van der Waals surface area contributed by atoms with Crippen LogP contribution in [0.2, 0.25) is 0 Å². The van der Waals surface area contributed by atoms with Crippen molar-refractivity contribution in [3.63, 3.8) is 0 Å².